The molecule has 4 nitrogen and oxygen atoms in total. The Bertz CT molecular complexity index is 814. The molecule has 0 bridgehead atoms. The molecule has 1 aliphatic rings. The molecule has 0 unspecified atom stereocenters. The van der Waals surface area contributed by atoms with E-state index in [4.69, 9.17) is 0 Å². The monoisotopic (exact) mass is 291 g/mol. The Hall–Kier alpha value is -2.62. The number of carbonyl (C=O) groups is 1. The first-order valence-corrected chi connectivity index (χ1v) is 7.65. The fraction of sp³-hybridized carbons (Fsp3) is 0.222. The predicted molar refractivity (Wildman–Crippen MR) is 86.7 cm³/mol. The summed E-state index contributed by atoms with van der Waals surface area (Å²) >= 11 is 0. The number of nitrogens with zero attached hydrogens (tertiary/aromatic N) is 2. The van der Waals surface area contributed by atoms with E-state index in [0.717, 1.165) is 53.7 Å². The van der Waals surface area contributed by atoms with Gasteiger partial charge in [-0.2, -0.15) is 0 Å². The van der Waals surface area contributed by atoms with Gasteiger partial charge in [-0.15, -0.1) is 0 Å². The Morgan fingerprint density at radius 2 is 1.86 bits per heavy atom. The average molecular weight is 291 g/mol. The van der Waals surface area contributed by atoms with Crippen molar-refractivity contribution < 1.29 is 4.79 Å². The van der Waals surface area contributed by atoms with Crippen molar-refractivity contribution >= 4 is 16.9 Å². The van der Waals surface area contributed by atoms with Gasteiger partial charge >= 0.3 is 0 Å². The first-order chi connectivity index (χ1) is 10.8. The fourth-order valence-corrected chi connectivity index (χ4v) is 3.09. The van der Waals surface area contributed by atoms with Crippen LogP contribution in [0, 0.1) is 0 Å². The second kappa shape index (κ2) is 5.30. The number of likely N-dealkylation sites (tertiary alicyclic amines) is 1. The number of hydrogen-bond acceptors (Lipinski definition) is 2. The second-order valence-electron chi connectivity index (χ2n) is 5.68. The molecule has 3 heterocycles. The van der Waals surface area contributed by atoms with E-state index in [1.54, 1.807) is 6.20 Å². The maximum Gasteiger partial charge on any atom is 0.253 e. The minimum absolute atomic E-state index is 0.143. The molecule has 2 aromatic heterocycles. The summed E-state index contributed by atoms with van der Waals surface area (Å²) in [6, 6.07) is 11.9. The number of aromatic nitrogens is 2. The average Bonchev–Trinajstić information content (AvgIpc) is 3.24. The SMILES string of the molecule is O=C(c1ccc(-c2c[nH]c3ncccc23)cc1)N1CCCC1. The zero-order valence-electron chi connectivity index (χ0n) is 12.2. The highest BCUT2D eigenvalue weighted by molar-refractivity contribution is 5.97. The summed E-state index contributed by atoms with van der Waals surface area (Å²) in [5.74, 6) is 0.143. The van der Waals surface area contributed by atoms with E-state index in [1.165, 1.54) is 0 Å². The van der Waals surface area contributed by atoms with E-state index < -0.39 is 0 Å². The maximum absolute atomic E-state index is 12.4. The number of hydrogen-bond donors (Lipinski definition) is 1. The van der Waals surface area contributed by atoms with Gasteiger partial charge in [0, 0.05) is 42.0 Å². The summed E-state index contributed by atoms with van der Waals surface area (Å²) in [7, 11) is 0. The standard InChI is InChI=1S/C18H17N3O/c22-18(21-10-1-2-11-21)14-7-5-13(6-8-14)16-12-20-17-15(16)4-3-9-19-17/h3-9,12H,1-2,10-11H2,(H,19,20). The van der Waals surface area contributed by atoms with Crippen LogP contribution in [-0.2, 0) is 0 Å². The van der Waals surface area contributed by atoms with Crippen LogP contribution in [0.25, 0.3) is 22.2 Å². The van der Waals surface area contributed by atoms with Gasteiger partial charge in [0.1, 0.15) is 5.65 Å². The number of aromatic amines is 1. The third-order valence-electron chi connectivity index (χ3n) is 4.29. The van der Waals surface area contributed by atoms with Crippen LogP contribution in [0.2, 0.25) is 0 Å². The number of carbonyl (C=O) groups excluding carboxylic acids is 1. The lowest BCUT2D eigenvalue weighted by Gasteiger charge is -2.15. The number of fused-ring (bicyclic) bond motifs is 1. The highest BCUT2D eigenvalue weighted by atomic mass is 16.2. The Morgan fingerprint density at radius 3 is 2.64 bits per heavy atom. The lowest BCUT2D eigenvalue weighted by molar-refractivity contribution is 0.0793. The van der Waals surface area contributed by atoms with Gasteiger partial charge < -0.3 is 9.88 Å². The van der Waals surface area contributed by atoms with Crippen LogP contribution in [0.3, 0.4) is 0 Å². The maximum atomic E-state index is 12.4. The van der Waals surface area contributed by atoms with E-state index in [9.17, 15) is 4.79 Å². The lowest BCUT2D eigenvalue weighted by Crippen LogP contribution is -2.27. The first kappa shape index (κ1) is 13.1. The quantitative estimate of drug-likeness (QED) is 0.786. The first-order valence-electron chi connectivity index (χ1n) is 7.65. The Balaban J connectivity index is 1.65. The molecule has 1 N–H and O–H groups in total. The lowest BCUT2D eigenvalue weighted by atomic mass is 10.0. The van der Waals surface area contributed by atoms with Crippen LogP contribution in [-0.4, -0.2) is 33.9 Å². The summed E-state index contributed by atoms with van der Waals surface area (Å²) in [5, 5.41) is 1.10. The molecule has 0 saturated carbocycles. The topological polar surface area (TPSA) is 49.0 Å². The van der Waals surface area contributed by atoms with Crippen molar-refractivity contribution in [3.63, 3.8) is 0 Å². The smallest absolute Gasteiger partial charge is 0.253 e. The van der Waals surface area contributed by atoms with Crippen LogP contribution < -0.4 is 0 Å². The molecule has 22 heavy (non-hydrogen) atoms. The van der Waals surface area contributed by atoms with E-state index in [1.807, 2.05) is 41.4 Å². The van der Waals surface area contributed by atoms with Crippen molar-refractivity contribution in [2.24, 2.45) is 0 Å². The summed E-state index contributed by atoms with van der Waals surface area (Å²) in [4.78, 5) is 21.8. The number of rotatable bonds is 2. The summed E-state index contributed by atoms with van der Waals surface area (Å²) in [5.41, 5.74) is 3.86. The molecule has 0 aliphatic carbocycles. The second-order valence-corrected chi connectivity index (χ2v) is 5.68. The summed E-state index contributed by atoms with van der Waals surface area (Å²) in [6.07, 6.45) is 5.98. The molecule has 4 heteroatoms. The summed E-state index contributed by atoms with van der Waals surface area (Å²) < 4.78 is 0. The normalized spacial score (nSPS) is 14.6. The van der Waals surface area contributed by atoms with Crippen molar-refractivity contribution in [2.75, 3.05) is 13.1 Å². The molecule has 1 aliphatic heterocycles. The van der Waals surface area contributed by atoms with E-state index >= 15 is 0 Å². The van der Waals surface area contributed by atoms with Crippen molar-refractivity contribution in [1.29, 1.82) is 0 Å². The molecule has 1 saturated heterocycles. The van der Waals surface area contributed by atoms with Gasteiger partial charge in [0.05, 0.1) is 0 Å². The molecule has 4 rings (SSSR count). The van der Waals surface area contributed by atoms with Crippen molar-refractivity contribution in [3.05, 3.63) is 54.4 Å². The van der Waals surface area contributed by atoms with Crippen LogP contribution >= 0.6 is 0 Å². The van der Waals surface area contributed by atoms with Crippen molar-refractivity contribution in [1.82, 2.24) is 14.9 Å². The van der Waals surface area contributed by atoms with Crippen LogP contribution in [0.4, 0.5) is 0 Å². The van der Waals surface area contributed by atoms with Gasteiger partial charge in [-0.05, 0) is 42.7 Å². The Morgan fingerprint density at radius 1 is 1.09 bits per heavy atom. The van der Waals surface area contributed by atoms with Crippen LogP contribution in [0.15, 0.2) is 48.8 Å². The molecule has 3 aromatic rings. The van der Waals surface area contributed by atoms with Gasteiger partial charge in [0.25, 0.3) is 5.91 Å². The number of nitrogens with one attached hydrogen (secondary N) is 1. The summed E-state index contributed by atoms with van der Waals surface area (Å²) in [6.45, 7) is 1.77. The zero-order chi connectivity index (χ0) is 14.9. The largest absolute Gasteiger partial charge is 0.346 e. The number of H-pyrrole nitrogens is 1. The molecule has 0 atom stereocenters. The fourth-order valence-electron chi connectivity index (χ4n) is 3.09. The molecule has 1 amide bonds. The molecule has 0 radical (unpaired) electrons. The van der Waals surface area contributed by atoms with Crippen molar-refractivity contribution in [2.45, 2.75) is 12.8 Å². The number of pyridine rings is 1. The Labute approximate surface area is 128 Å². The highest BCUT2D eigenvalue weighted by Gasteiger charge is 2.19. The molecule has 1 fully saturated rings. The minimum Gasteiger partial charge on any atom is -0.346 e. The van der Waals surface area contributed by atoms with Crippen molar-refractivity contribution in [3.8, 4) is 11.1 Å². The van der Waals surface area contributed by atoms with Gasteiger partial charge in [0.2, 0.25) is 0 Å². The number of amides is 1. The molecule has 110 valence electrons. The third-order valence-corrected chi connectivity index (χ3v) is 4.29. The molecule has 1 aromatic carbocycles. The van der Waals surface area contributed by atoms with E-state index in [0.29, 0.717) is 0 Å². The van der Waals surface area contributed by atoms with Gasteiger partial charge in [0.15, 0.2) is 0 Å². The van der Waals surface area contributed by atoms with Crippen LogP contribution in [0.1, 0.15) is 23.2 Å². The van der Waals surface area contributed by atoms with Crippen LogP contribution in [0.5, 0.6) is 0 Å². The van der Waals surface area contributed by atoms with E-state index in [-0.39, 0.29) is 5.91 Å². The third kappa shape index (κ3) is 2.17. The minimum atomic E-state index is 0.143. The number of benzene rings is 1. The van der Waals surface area contributed by atoms with E-state index in [2.05, 4.69) is 16.0 Å². The molecular weight excluding hydrogens is 274 g/mol. The highest BCUT2D eigenvalue weighted by Crippen LogP contribution is 2.27. The predicted octanol–water partition coefficient (Wildman–Crippen LogP) is 3.47. The van der Waals surface area contributed by atoms with Gasteiger partial charge in [-0.1, -0.05) is 12.1 Å². The molecular formula is C18H17N3O. The zero-order valence-corrected chi connectivity index (χ0v) is 12.2. The Kier molecular flexibility index (Phi) is 3.15. The van der Waals surface area contributed by atoms with Gasteiger partial charge in [-0.3, -0.25) is 4.79 Å². The molecule has 0 spiro atoms. The van der Waals surface area contributed by atoms with Gasteiger partial charge in [-0.25, -0.2) is 4.98 Å².